The number of piperidine rings is 1. The molecule has 0 aromatic heterocycles. The Morgan fingerprint density at radius 2 is 2.22 bits per heavy atom. The molecule has 2 aliphatic heterocycles. The van der Waals surface area contributed by atoms with E-state index in [1.165, 1.54) is 6.42 Å². The van der Waals surface area contributed by atoms with Crippen LogP contribution in [0.15, 0.2) is 0 Å². The number of ether oxygens (including phenoxy) is 2. The van der Waals surface area contributed by atoms with Crippen molar-refractivity contribution >= 4 is 5.91 Å². The van der Waals surface area contributed by atoms with Gasteiger partial charge in [0, 0.05) is 26.2 Å². The highest BCUT2D eigenvalue weighted by atomic mass is 16.5. The van der Waals surface area contributed by atoms with Gasteiger partial charge in [0.25, 0.3) is 5.91 Å². The van der Waals surface area contributed by atoms with Gasteiger partial charge in [-0.15, -0.1) is 0 Å². The predicted molar refractivity (Wildman–Crippen MR) is 68.5 cm³/mol. The number of carbonyl (C=O) groups excluding carboxylic acids is 1. The second-order valence-corrected chi connectivity index (χ2v) is 5.06. The summed E-state index contributed by atoms with van der Waals surface area (Å²) in [4.78, 5) is 14.0. The van der Waals surface area contributed by atoms with Crippen LogP contribution in [0, 0.1) is 0 Å². The summed E-state index contributed by atoms with van der Waals surface area (Å²) in [6.45, 7) is 6.54. The molecule has 18 heavy (non-hydrogen) atoms. The molecule has 0 aromatic carbocycles. The van der Waals surface area contributed by atoms with Crippen LogP contribution in [-0.4, -0.2) is 62.4 Å². The maximum Gasteiger partial charge on any atom is 0.251 e. The number of amides is 1. The molecule has 0 spiro atoms. The molecule has 1 N–H and O–H groups in total. The molecule has 2 rings (SSSR count). The first-order valence-corrected chi connectivity index (χ1v) is 7.00. The predicted octanol–water partition coefficient (Wildman–Crippen LogP) is 0.392. The third-order valence-electron chi connectivity index (χ3n) is 3.55. The molecule has 0 aromatic rings. The fraction of sp³-hybridized carbons (Fsp3) is 0.923. The Morgan fingerprint density at radius 3 is 2.89 bits per heavy atom. The normalized spacial score (nSPS) is 26.9. The van der Waals surface area contributed by atoms with Crippen LogP contribution in [0.2, 0.25) is 0 Å². The van der Waals surface area contributed by atoms with E-state index in [2.05, 4.69) is 5.32 Å². The van der Waals surface area contributed by atoms with Crippen molar-refractivity contribution in [2.45, 2.75) is 38.4 Å². The zero-order chi connectivity index (χ0) is 12.8. The average Bonchev–Trinajstić information content (AvgIpc) is 2.46. The van der Waals surface area contributed by atoms with Gasteiger partial charge >= 0.3 is 0 Å². The molecule has 0 aliphatic carbocycles. The Labute approximate surface area is 109 Å². The molecule has 0 saturated carbocycles. The summed E-state index contributed by atoms with van der Waals surface area (Å²) in [7, 11) is 0. The first kappa shape index (κ1) is 13.8. The average molecular weight is 256 g/mol. The van der Waals surface area contributed by atoms with Crippen LogP contribution in [0.5, 0.6) is 0 Å². The maximum atomic E-state index is 12.1. The van der Waals surface area contributed by atoms with E-state index >= 15 is 0 Å². The smallest absolute Gasteiger partial charge is 0.251 e. The topological polar surface area (TPSA) is 50.8 Å². The fourth-order valence-corrected chi connectivity index (χ4v) is 2.42. The van der Waals surface area contributed by atoms with Crippen molar-refractivity contribution in [1.29, 1.82) is 0 Å². The van der Waals surface area contributed by atoms with E-state index in [9.17, 15) is 4.79 Å². The number of morpholine rings is 1. The fourth-order valence-electron chi connectivity index (χ4n) is 2.42. The molecular weight excluding hydrogens is 232 g/mol. The molecule has 2 unspecified atom stereocenters. The van der Waals surface area contributed by atoms with E-state index in [4.69, 9.17) is 9.47 Å². The van der Waals surface area contributed by atoms with E-state index in [-0.39, 0.29) is 18.1 Å². The second-order valence-electron chi connectivity index (χ2n) is 5.06. The van der Waals surface area contributed by atoms with Crippen LogP contribution in [0.3, 0.4) is 0 Å². The van der Waals surface area contributed by atoms with Crippen molar-refractivity contribution in [3.05, 3.63) is 0 Å². The second kappa shape index (κ2) is 7.07. The van der Waals surface area contributed by atoms with Crippen molar-refractivity contribution in [2.24, 2.45) is 0 Å². The Morgan fingerprint density at radius 1 is 1.44 bits per heavy atom. The summed E-state index contributed by atoms with van der Waals surface area (Å²) in [5.74, 6) is 0.124. The number of hydrogen-bond acceptors (Lipinski definition) is 4. The van der Waals surface area contributed by atoms with E-state index in [0.717, 1.165) is 45.6 Å². The third-order valence-corrected chi connectivity index (χ3v) is 3.55. The van der Waals surface area contributed by atoms with Crippen LogP contribution < -0.4 is 5.32 Å². The number of carbonyl (C=O) groups is 1. The van der Waals surface area contributed by atoms with Gasteiger partial charge in [-0.05, 0) is 26.2 Å². The highest BCUT2D eigenvalue weighted by Gasteiger charge is 2.24. The first-order valence-electron chi connectivity index (χ1n) is 7.00. The van der Waals surface area contributed by atoms with Crippen molar-refractivity contribution in [3.8, 4) is 0 Å². The van der Waals surface area contributed by atoms with Gasteiger partial charge in [-0.2, -0.15) is 0 Å². The highest BCUT2D eigenvalue weighted by molar-refractivity contribution is 5.80. The molecule has 0 radical (unpaired) electrons. The van der Waals surface area contributed by atoms with Crippen LogP contribution in [-0.2, 0) is 14.3 Å². The third kappa shape index (κ3) is 3.93. The summed E-state index contributed by atoms with van der Waals surface area (Å²) in [6, 6.07) is 0. The standard InChI is InChI=1S/C13H24N2O3/c1-11(13(16)15-6-3-2-4-7-15)18-10-12-9-14-5-8-17-12/h11-12,14H,2-10H2,1H3. The van der Waals surface area contributed by atoms with E-state index in [1.807, 2.05) is 11.8 Å². The van der Waals surface area contributed by atoms with E-state index in [1.54, 1.807) is 0 Å². The molecule has 104 valence electrons. The minimum atomic E-state index is -0.353. The zero-order valence-corrected chi connectivity index (χ0v) is 11.2. The van der Waals surface area contributed by atoms with Crippen LogP contribution in [0.4, 0.5) is 0 Å². The summed E-state index contributed by atoms with van der Waals surface area (Å²) in [5, 5.41) is 3.25. The minimum Gasteiger partial charge on any atom is -0.373 e. The SMILES string of the molecule is CC(OCC1CNCCO1)C(=O)N1CCCCC1. The Kier molecular flexibility index (Phi) is 5.41. The number of rotatable bonds is 4. The lowest BCUT2D eigenvalue weighted by molar-refractivity contribution is -0.146. The van der Waals surface area contributed by atoms with Gasteiger partial charge in [0.05, 0.1) is 19.3 Å². The van der Waals surface area contributed by atoms with Gasteiger partial charge in [0.2, 0.25) is 0 Å². The molecule has 1 amide bonds. The molecule has 2 saturated heterocycles. The lowest BCUT2D eigenvalue weighted by atomic mass is 10.1. The molecule has 2 heterocycles. The summed E-state index contributed by atoms with van der Waals surface area (Å²) >= 11 is 0. The molecule has 2 aliphatic rings. The molecule has 5 nitrogen and oxygen atoms in total. The Bertz CT molecular complexity index is 261. The molecule has 5 heteroatoms. The molecular formula is C13H24N2O3. The molecule has 0 bridgehead atoms. The van der Waals surface area contributed by atoms with Crippen molar-refractivity contribution in [1.82, 2.24) is 10.2 Å². The van der Waals surface area contributed by atoms with E-state index in [0.29, 0.717) is 6.61 Å². The lowest BCUT2D eigenvalue weighted by Gasteiger charge is -2.30. The summed E-state index contributed by atoms with van der Waals surface area (Å²) < 4.78 is 11.2. The molecule has 2 fully saturated rings. The number of likely N-dealkylation sites (tertiary alicyclic amines) is 1. The van der Waals surface area contributed by atoms with Crippen molar-refractivity contribution in [3.63, 3.8) is 0 Å². The summed E-state index contributed by atoms with van der Waals surface area (Å²) in [6.07, 6.45) is 3.20. The monoisotopic (exact) mass is 256 g/mol. The summed E-state index contributed by atoms with van der Waals surface area (Å²) in [5.41, 5.74) is 0. The molecule has 2 atom stereocenters. The minimum absolute atomic E-state index is 0.0790. The Balaban J connectivity index is 1.69. The van der Waals surface area contributed by atoms with Gasteiger partial charge in [-0.1, -0.05) is 0 Å². The largest absolute Gasteiger partial charge is 0.373 e. The number of nitrogens with one attached hydrogen (secondary N) is 1. The lowest BCUT2D eigenvalue weighted by Crippen LogP contribution is -2.45. The van der Waals surface area contributed by atoms with Gasteiger partial charge < -0.3 is 19.7 Å². The number of hydrogen-bond donors (Lipinski definition) is 1. The van der Waals surface area contributed by atoms with Gasteiger partial charge in [-0.3, -0.25) is 4.79 Å². The van der Waals surface area contributed by atoms with Gasteiger partial charge in [0.15, 0.2) is 0 Å². The Hall–Kier alpha value is -0.650. The maximum absolute atomic E-state index is 12.1. The van der Waals surface area contributed by atoms with Crippen molar-refractivity contribution in [2.75, 3.05) is 39.4 Å². The van der Waals surface area contributed by atoms with Gasteiger partial charge in [0.1, 0.15) is 6.10 Å². The van der Waals surface area contributed by atoms with Crippen LogP contribution in [0.1, 0.15) is 26.2 Å². The zero-order valence-electron chi connectivity index (χ0n) is 11.2. The van der Waals surface area contributed by atoms with Crippen LogP contribution >= 0.6 is 0 Å². The van der Waals surface area contributed by atoms with Crippen LogP contribution in [0.25, 0.3) is 0 Å². The first-order chi connectivity index (χ1) is 8.77. The van der Waals surface area contributed by atoms with E-state index < -0.39 is 0 Å². The van der Waals surface area contributed by atoms with Crippen molar-refractivity contribution < 1.29 is 14.3 Å². The highest BCUT2D eigenvalue weighted by Crippen LogP contribution is 2.11. The number of nitrogens with zero attached hydrogens (tertiary/aromatic N) is 1. The quantitative estimate of drug-likeness (QED) is 0.790. The van der Waals surface area contributed by atoms with Gasteiger partial charge in [-0.25, -0.2) is 0 Å².